The summed E-state index contributed by atoms with van der Waals surface area (Å²) in [5.41, 5.74) is 1.81. The van der Waals surface area contributed by atoms with Crippen molar-refractivity contribution in [3.8, 4) is 5.88 Å². The van der Waals surface area contributed by atoms with Crippen LogP contribution in [0.15, 0.2) is 5.51 Å². The van der Waals surface area contributed by atoms with Gasteiger partial charge in [0.2, 0.25) is 5.88 Å². The van der Waals surface area contributed by atoms with E-state index in [2.05, 4.69) is 4.98 Å². The molecule has 0 spiro atoms. The predicted octanol–water partition coefficient (Wildman–Crippen LogP) is 2.51. The summed E-state index contributed by atoms with van der Waals surface area (Å²) < 4.78 is 17.0. The average molecular weight is 241 g/mol. The van der Waals surface area contributed by atoms with E-state index in [0.29, 0.717) is 6.61 Å². The molecule has 2 atom stereocenters. The van der Waals surface area contributed by atoms with Crippen molar-refractivity contribution in [1.29, 1.82) is 0 Å². The molecule has 2 aliphatic heterocycles. The molecule has 0 saturated carbocycles. The maximum Gasteiger partial charge on any atom is 0.230 e. The highest BCUT2D eigenvalue weighted by molar-refractivity contribution is 7.10. The van der Waals surface area contributed by atoms with Crippen LogP contribution in [0.2, 0.25) is 0 Å². The molecule has 3 rings (SSSR count). The van der Waals surface area contributed by atoms with Crippen LogP contribution in [0.1, 0.15) is 36.7 Å². The van der Waals surface area contributed by atoms with Crippen molar-refractivity contribution < 1.29 is 14.2 Å². The molecule has 5 heteroatoms. The Hall–Kier alpha value is -0.650. The minimum atomic E-state index is -0.0354. The van der Waals surface area contributed by atoms with E-state index in [1.54, 1.807) is 11.3 Å². The summed E-state index contributed by atoms with van der Waals surface area (Å²) in [4.78, 5) is 5.29. The van der Waals surface area contributed by atoms with Crippen LogP contribution in [-0.2, 0) is 9.47 Å². The van der Waals surface area contributed by atoms with Gasteiger partial charge in [0.1, 0.15) is 6.10 Å². The van der Waals surface area contributed by atoms with Gasteiger partial charge in [-0.25, -0.2) is 4.98 Å². The molecule has 0 radical (unpaired) electrons. The van der Waals surface area contributed by atoms with E-state index in [0.717, 1.165) is 36.6 Å². The Bertz CT molecular complexity index is 349. The maximum atomic E-state index is 5.99. The van der Waals surface area contributed by atoms with E-state index < -0.39 is 0 Å². The highest BCUT2D eigenvalue weighted by Crippen LogP contribution is 2.38. The Labute approximate surface area is 98.5 Å². The third kappa shape index (κ3) is 2.07. The van der Waals surface area contributed by atoms with Crippen molar-refractivity contribution in [3.63, 3.8) is 0 Å². The first kappa shape index (κ1) is 10.5. The van der Waals surface area contributed by atoms with E-state index in [1.807, 2.05) is 5.51 Å². The minimum absolute atomic E-state index is 0.0354. The average Bonchev–Trinajstić information content (AvgIpc) is 2.80. The van der Waals surface area contributed by atoms with E-state index in [-0.39, 0.29) is 12.4 Å². The summed E-state index contributed by atoms with van der Waals surface area (Å²) in [7, 11) is 0. The van der Waals surface area contributed by atoms with Gasteiger partial charge in [0.05, 0.1) is 17.0 Å². The number of hydrogen-bond donors (Lipinski definition) is 0. The number of ether oxygens (including phenoxy) is 3. The number of aromatic nitrogens is 1. The Morgan fingerprint density at radius 3 is 3.19 bits per heavy atom. The molecule has 16 heavy (non-hydrogen) atoms. The van der Waals surface area contributed by atoms with E-state index in [9.17, 15) is 0 Å². The zero-order chi connectivity index (χ0) is 10.8. The number of hydrogen-bond acceptors (Lipinski definition) is 5. The Kier molecular flexibility index (Phi) is 3.08. The second-order valence-corrected chi connectivity index (χ2v) is 4.97. The molecule has 2 aliphatic rings. The van der Waals surface area contributed by atoms with Gasteiger partial charge < -0.3 is 14.2 Å². The lowest BCUT2D eigenvalue weighted by Gasteiger charge is -2.29. The van der Waals surface area contributed by atoms with Gasteiger partial charge in [0, 0.05) is 13.0 Å². The third-order valence-electron chi connectivity index (χ3n) is 2.93. The highest BCUT2D eigenvalue weighted by atomic mass is 32.1. The standard InChI is InChI=1S/C11H15NO3S/c1-2-5-13-9(3-1)15-8-4-6-14-11-10(8)16-7-12-11/h7-9H,1-6H2. The lowest BCUT2D eigenvalue weighted by atomic mass is 10.1. The molecule has 0 N–H and O–H groups in total. The molecule has 88 valence electrons. The molecule has 4 nitrogen and oxygen atoms in total. The van der Waals surface area contributed by atoms with Crippen molar-refractivity contribution >= 4 is 11.3 Å². The summed E-state index contributed by atoms with van der Waals surface area (Å²) >= 11 is 1.61. The summed E-state index contributed by atoms with van der Waals surface area (Å²) in [5, 5.41) is 0. The van der Waals surface area contributed by atoms with Crippen LogP contribution >= 0.6 is 11.3 Å². The molecule has 0 aromatic carbocycles. The normalized spacial score (nSPS) is 29.5. The summed E-state index contributed by atoms with van der Waals surface area (Å²) in [6.07, 6.45) is 4.33. The van der Waals surface area contributed by atoms with Gasteiger partial charge in [0.15, 0.2) is 6.29 Å². The Balaban J connectivity index is 1.67. The van der Waals surface area contributed by atoms with Gasteiger partial charge in [-0.05, 0) is 19.3 Å². The fourth-order valence-corrected chi connectivity index (χ4v) is 2.89. The highest BCUT2D eigenvalue weighted by Gasteiger charge is 2.28. The molecule has 0 bridgehead atoms. The van der Waals surface area contributed by atoms with Crippen molar-refractivity contribution in [1.82, 2.24) is 4.98 Å². The van der Waals surface area contributed by atoms with Crippen LogP contribution in [0.4, 0.5) is 0 Å². The van der Waals surface area contributed by atoms with Crippen LogP contribution in [0, 0.1) is 0 Å². The lowest BCUT2D eigenvalue weighted by molar-refractivity contribution is -0.193. The number of rotatable bonds is 2. The maximum absolute atomic E-state index is 5.99. The number of thiazole rings is 1. The zero-order valence-corrected chi connectivity index (χ0v) is 9.87. The Morgan fingerprint density at radius 1 is 1.31 bits per heavy atom. The molecule has 0 amide bonds. The summed E-state index contributed by atoms with van der Waals surface area (Å²) in [6, 6.07) is 0. The zero-order valence-electron chi connectivity index (χ0n) is 9.05. The number of nitrogens with zero attached hydrogens (tertiary/aromatic N) is 1. The molecular formula is C11H15NO3S. The van der Waals surface area contributed by atoms with E-state index >= 15 is 0 Å². The fraction of sp³-hybridized carbons (Fsp3) is 0.727. The monoisotopic (exact) mass is 241 g/mol. The first-order valence-electron chi connectivity index (χ1n) is 5.77. The fourth-order valence-electron chi connectivity index (χ4n) is 2.09. The van der Waals surface area contributed by atoms with Crippen LogP contribution in [0.25, 0.3) is 0 Å². The van der Waals surface area contributed by atoms with Crippen LogP contribution < -0.4 is 4.74 Å². The molecule has 2 unspecified atom stereocenters. The summed E-state index contributed by atoms with van der Waals surface area (Å²) in [5.74, 6) is 0.747. The second kappa shape index (κ2) is 4.69. The molecule has 0 aliphatic carbocycles. The SMILES string of the molecule is c1nc2c(s1)C(OC1CCCCO1)CCO2. The molecule has 1 aromatic heterocycles. The van der Waals surface area contributed by atoms with Crippen LogP contribution in [-0.4, -0.2) is 24.5 Å². The summed E-state index contributed by atoms with van der Waals surface area (Å²) in [6.45, 7) is 1.51. The molecule has 1 aromatic rings. The second-order valence-electron chi connectivity index (χ2n) is 4.08. The van der Waals surface area contributed by atoms with Gasteiger partial charge in [-0.15, -0.1) is 11.3 Å². The molecule has 3 heterocycles. The van der Waals surface area contributed by atoms with Crippen molar-refractivity contribution in [2.24, 2.45) is 0 Å². The molecular weight excluding hydrogens is 226 g/mol. The number of fused-ring (bicyclic) bond motifs is 1. The van der Waals surface area contributed by atoms with E-state index in [4.69, 9.17) is 14.2 Å². The minimum Gasteiger partial charge on any atom is -0.477 e. The van der Waals surface area contributed by atoms with Gasteiger partial charge in [-0.2, -0.15) is 0 Å². The van der Waals surface area contributed by atoms with Gasteiger partial charge in [0.25, 0.3) is 0 Å². The first-order valence-corrected chi connectivity index (χ1v) is 6.65. The largest absolute Gasteiger partial charge is 0.477 e. The third-order valence-corrected chi connectivity index (χ3v) is 3.83. The smallest absolute Gasteiger partial charge is 0.230 e. The quantitative estimate of drug-likeness (QED) is 0.797. The lowest BCUT2D eigenvalue weighted by Crippen LogP contribution is -2.26. The van der Waals surface area contributed by atoms with Crippen molar-refractivity contribution in [2.45, 2.75) is 38.1 Å². The predicted molar refractivity (Wildman–Crippen MR) is 59.6 cm³/mol. The van der Waals surface area contributed by atoms with Crippen molar-refractivity contribution in [2.75, 3.05) is 13.2 Å². The van der Waals surface area contributed by atoms with E-state index in [1.165, 1.54) is 6.42 Å². The van der Waals surface area contributed by atoms with Crippen LogP contribution in [0.3, 0.4) is 0 Å². The van der Waals surface area contributed by atoms with Gasteiger partial charge in [-0.1, -0.05) is 0 Å². The van der Waals surface area contributed by atoms with Crippen LogP contribution in [0.5, 0.6) is 5.88 Å². The Morgan fingerprint density at radius 2 is 2.31 bits per heavy atom. The topological polar surface area (TPSA) is 40.6 Å². The first-order chi connectivity index (χ1) is 7.93. The van der Waals surface area contributed by atoms with Gasteiger partial charge in [-0.3, -0.25) is 0 Å². The molecule has 1 fully saturated rings. The van der Waals surface area contributed by atoms with Gasteiger partial charge >= 0.3 is 0 Å². The molecule has 1 saturated heterocycles. The van der Waals surface area contributed by atoms with Crippen molar-refractivity contribution in [3.05, 3.63) is 10.4 Å².